The number of nitrogens with one attached hydrogen (secondary N) is 1. The Morgan fingerprint density at radius 2 is 1.96 bits per heavy atom. The van der Waals surface area contributed by atoms with E-state index in [0.717, 1.165) is 17.3 Å². The molecule has 0 aromatic heterocycles. The maximum absolute atomic E-state index is 12.5. The summed E-state index contributed by atoms with van der Waals surface area (Å²) in [4.78, 5) is 12.5. The number of halogens is 2. The fraction of sp³-hybridized carbons (Fsp3) is 0.273. The number of hydrogen-bond donors (Lipinski definition) is 1. The average molecular weight is 462 g/mol. The molecule has 6 heteroatoms. The first kappa shape index (κ1) is 22.0. The Bertz CT molecular complexity index is 873. The van der Waals surface area contributed by atoms with Gasteiger partial charge in [-0.3, -0.25) is 4.79 Å². The quantitative estimate of drug-likeness (QED) is 0.260. The molecular weight excluding hydrogens is 440 g/mol. The molecule has 0 fully saturated rings. The lowest BCUT2D eigenvalue weighted by molar-refractivity contribution is -0.112. The Kier molecular flexibility index (Phi) is 9.06. The van der Waals surface area contributed by atoms with Gasteiger partial charge in [0.15, 0.2) is 0 Å². The molecule has 0 atom stereocenters. The van der Waals surface area contributed by atoms with Gasteiger partial charge in [-0.2, -0.15) is 5.26 Å². The second kappa shape index (κ2) is 11.5. The van der Waals surface area contributed by atoms with Gasteiger partial charge in [0, 0.05) is 20.7 Å². The van der Waals surface area contributed by atoms with Gasteiger partial charge in [0.1, 0.15) is 17.4 Å². The van der Waals surface area contributed by atoms with Crippen molar-refractivity contribution >= 4 is 45.2 Å². The Morgan fingerprint density at radius 1 is 1.21 bits per heavy atom. The summed E-state index contributed by atoms with van der Waals surface area (Å²) in [5.41, 5.74) is 1.23. The number of amides is 1. The van der Waals surface area contributed by atoms with Gasteiger partial charge in [-0.1, -0.05) is 53.7 Å². The molecule has 2 rings (SSSR count). The summed E-state index contributed by atoms with van der Waals surface area (Å²) >= 11 is 9.28. The van der Waals surface area contributed by atoms with E-state index < -0.39 is 5.91 Å². The van der Waals surface area contributed by atoms with Gasteiger partial charge in [0.05, 0.1) is 6.61 Å². The van der Waals surface area contributed by atoms with E-state index in [1.807, 2.05) is 24.3 Å². The Hall–Kier alpha value is -2.29. The van der Waals surface area contributed by atoms with Crippen LogP contribution in [0, 0.1) is 11.3 Å². The van der Waals surface area contributed by atoms with Crippen LogP contribution in [0.4, 0.5) is 5.69 Å². The third kappa shape index (κ3) is 7.03. The molecule has 1 amide bonds. The van der Waals surface area contributed by atoms with E-state index in [0.29, 0.717) is 28.6 Å². The zero-order valence-corrected chi connectivity index (χ0v) is 18.0. The number of hydrogen-bond acceptors (Lipinski definition) is 3. The van der Waals surface area contributed by atoms with Gasteiger partial charge < -0.3 is 10.1 Å². The van der Waals surface area contributed by atoms with Crippen LogP contribution in [-0.4, -0.2) is 12.5 Å². The highest BCUT2D eigenvalue weighted by atomic mass is 79.9. The maximum atomic E-state index is 12.5. The number of ether oxygens (including phenoxy) is 1. The zero-order valence-electron chi connectivity index (χ0n) is 15.7. The van der Waals surface area contributed by atoms with E-state index in [1.165, 1.54) is 18.9 Å². The predicted octanol–water partition coefficient (Wildman–Crippen LogP) is 6.61. The molecule has 0 saturated carbocycles. The molecule has 0 aliphatic heterocycles. The monoisotopic (exact) mass is 460 g/mol. The number of benzene rings is 2. The van der Waals surface area contributed by atoms with Crippen LogP contribution < -0.4 is 10.1 Å². The van der Waals surface area contributed by atoms with E-state index in [1.54, 1.807) is 24.3 Å². The number of nitrogens with zero attached hydrogens (tertiary/aromatic N) is 1. The number of carbonyl (C=O) groups excluding carboxylic acids is 1. The molecular formula is C22H22BrClN2O2. The largest absolute Gasteiger partial charge is 0.493 e. The third-order valence-corrected chi connectivity index (χ3v) is 4.74. The van der Waals surface area contributed by atoms with Crippen molar-refractivity contribution in [2.45, 2.75) is 32.6 Å². The first-order valence-corrected chi connectivity index (χ1v) is 10.3. The van der Waals surface area contributed by atoms with Gasteiger partial charge >= 0.3 is 0 Å². The molecule has 0 bridgehead atoms. The molecule has 146 valence electrons. The van der Waals surface area contributed by atoms with Crippen molar-refractivity contribution in [3.8, 4) is 11.8 Å². The minimum atomic E-state index is -0.487. The minimum Gasteiger partial charge on any atom is -0.493 e. The molecule has 0 aliphatic rings. The third-order valence-electron chi connectivity index (χ3n) is 3.99. The highest BCUT2D eigenvalue weighted by Crippen LogP contribution is 2.26. The lowest BCUT2D eigenvalue weighted by atomic mass is 10.1. The van der Waals surface area contributed by atoms with Crippen molar-refractivity contribution in [2.24, 2.45) is 0 Å². The Labute approximate surface area is 179 Å². The average Bonchev–Trinajstić information content (AvgIpc) is 2.69. The second-order valence-electron chi connectivity index (χ2n) is 6.22. The predicted molar refractivity (Wildman–Crippen MR) is 117 cm³/mol. The smallest absolute Gasteiger partial charge is 0.266 e. The molecule has 2 aromatic rings. The van der Waals surface area contributed by atoms with Crippen LogP contribution in [0.2, 0.25) is 5.02 Å². The summed E-state index contributed by atoms with van der Waals surface area (Å²) in [5.74, 6) is 0.158. The Balaban J connectivity index is 2.15. The molecule has 4 nitrogen and oxygen atoms in total. The highest BCUT2D eigenvalue weighted by Gasteiger charge is 2.12. The van der Waals surface area contributed by atoms with E-state index in [-0.39, 0.29) is 5.57 Å². The van der Waals surface area contributed by atoms with Crippen molar-refractivity contribution in [1.29, 1.82) is 5.26 Å². The summed E-state index contributed by atoms with van der Waals surface area (Å²) < 4.78 is 6.71. The van der Waals surface area contributed by atoms with E-state index in [2.05, 4.69) is 28.2 Å². The van der Waals surface area contributed by atoms with Gasteiger partial charge in [-0.25, -0.2) is 0 Å². The van der Waals surface area contributed by atoms with Crippen molar-refractivity contribution in [1.82, 2.24) is 0 Å². The summed E-state index contributed by atoms with van der Waals surface area (Å²) in [5, 5.41) is 12.7. The maximum Gasteiger partial charge on any atom is 0.266 e. The van der Waals surface area contributed by atoms with Crippen molar-refractivity contribution in [3.05, 3.63) is 63.1 Å². The van der Waals surface area contributed by atoms with Crippen LogP contribution in [0.1, 0.15) is 38.2 Å². The minimum absolute atomic E-state index is 0.0103. The van der Waals surface area contributed by atoms with E-state index in [9.17, 15) is 10.1 Å². The number of anilines is 1. The molecule has 0 unspecified atom stereocenters. The van der Waals surface area contributed by atoms with Crippen LogP contribution in [-0.2, 0) is 4.79 Å². The molecule has 1 N–H and O–H groups in total. The first-order valence-electron chi connectivity index (χ1n) is 9.14. The molecule has 2 aromatic carbocycles. The van der Waals surface area contributed by atoms with Crippen LogP contribution in [0.15, 0.2) is 52.5 Å². The van der Waals surface area contributed by atoms with Crippen LogP contribution >= 0.6 is 27.5 Å². The summed E-state index contributed by atoms with van der Waals surface area (Å²) in [6, 6.07) is 14.2. The number of nitriles is 1. The SMILES string of the molecule is CCCCCCOc1ccc(Br)cc1/C=C(/C#N)C(=O)Nc1ccc(Cl)cc1. The van der Waals surface area contributed by atoms with Gasteiger partial charge in [0.25, 0.3) is 5.91 Å². The Morgan fingerprint density at radius 3 is 2.64 bits per heavy atom. The number of unbranched alkanes of at least 4 members (excludes halogenated alkanes) is 3. The van der Waals surface area contributed by atoms with Gasteiger partial charge in [-0.15, -0.1) is 0 Å². The molecule has 0 radical (unpaired) electrons. The number of rotatable bonds is 9. The fourth-order valence-electron chi connectivity index (χ4n) is 2.51. The van der Waals surface area contributed by atoms with Gasteiger partial charge in [-0.05, 0) is 55.0 Å². The van der Waals surface area contributed by atoms with Crippen molar-refractivity contribution < 1.29 is 9.53 Å². The van der Waals surface area contributed by atoms with Gasteiger partial charge in [0.2, 0.25) is 0 Å². The van der Waals surface area contributed by atoms with Crippen LogP contribution in [0.3, 0.4) is 0 Å². The van der Waals surface area contributed by atoms with Crippen molar-refractivity contribution in [3.63, 3.8) is 0 Å². The summed E-state index contributed by atoms with van der Waals surface area (Å²) in [6.45, 7) is 2.76. The standard InChI is InChI=1S/C22H22BrClN2O2/c1-2-3-4-5-12-28-21-11-6-18(23)14-16(21)13-17(15-25)22(27)26-20-9-7-19(24)8-10-20/h6-11,13-14H,2-5,12H2,1H3,(H,26,27)/b17-13-. The van der Waals surface area contributed by atoms with Crippen LogP contribution in [0.5, 0.6) is 5.75 Å². The second-order valence-corrected chi connectivity index (χ2v) is 7.57. The highest BCUT2D eigenvalue weighted by molar-refractivity contribution is 9.10. The topological polar surface area (TPSA) is 62.1 Å². The van der Waals surface area contributed by atoms with Crippen molar-refractivity contribution in [2.75, 3.05) is 11.9 Å². The van der Waals surface area contributed by atoms with Crippen LogP contribution in [0.25, 0.3) is 6.08 Å². The molecule has 0 aliphatic carbocycles. The lowest BCUT2D eigenvalue weighted by Gasteiger charge is -2.10. The zero-order chi connectivity index (χ0) is 20.4. The summed E-state index contributed by atoms with van der Waals surface area (Å²) in [6.07, 6.45) is 5.97. The normalized spacial score (nSPS) is 11.0. The molecule has 0 saturated heterocycles. The fourth-order valence-corrected chi connectivity index (χ4v) is 3.02. The van der Waals surface area contributed by atoms with E-state index >= 15 is 0 Å². The van der Waals surface area contributed by atoms with E-state index in [4.69, 9.17) is 16.3 Å². The molecule has 28 heavy (non-hydrogen) atoms. The lowest BCUT2D eigenvalue weighted by Crippen LogP contribution is -2.13. The molecule has 0 spiro atoms. The molecule has 0 heterocycles. The number of carbonyl (C=O) groups is 1. The summed E-state index contributed by atoms with van der Waals surface area (Å²) in [7, 11) is 0. The first-order chi connectivity index (χ1) is 13.5.